The zero-order chi connectivity index (χ0) is 16.7. The van der Waals surface area contributed by atoms with Crippen molar-refractivity contribution in [1.29, 1.82) is 0 Å². The van der Waals surface area contributed by atoms with Crippen LogP contribution in [0.1, 0.15) is 30.5 Å². The fraction of sp³-hybridized carbons (Fsp3) is 0.250. The van der Waals surface area contributed by atoms with Gasteiger partial charge >= 0.3 is 0 Å². The molecule has 120 valence electrons. The maximum atomic E-state index is 5.51. The van der Waals surface area contributed by atoms with Crippen LogP contribution in [0.5, 0.6) is 11.6 Å². The van der Waals surface area contributed by atoms with Gasteiger partial charge in [0.15, 0.2) is 0 Å². The molecule has 0 aliphatic heterocycles. The number of allylic oxidation sites excluding steroid dienone is 2. The van der Waals surface area contributed by atoms with Crippen LogP contribution in [0.2, 0.25) is 0 Å². The Balaban J connectivity index is 2.19. The molecule has 2 rings (SSSR count). The molecule has 23 heavy (non-hydrogen) atoms. The minimum absolute atomic E-state index is 0.613. The number of hydrogen-bond acceptors (Lipinski definition) is 3. The van der Waals surface area contributed by atoms with Gasteiger partial charge in [0.1, 0.15) is 5.75 Å². The minimum atomic E-state index is 0.613. The molecule has 3 heteroatoms. The Labute approximate surface area is 138 Å². The lowest BCUT2D eigenvalue weighted by atomic mass is 10.1. The van der Waals surface area contributed by atoms with Gasteiger partial charge in [-0.1, -0.05) is 35.9 Å². The molecule has 0 saturated heterocycles. The van der Waals surface area contributed by atoms with E-state index < -0.39 is 0 Å². The summed E-state index contributed by atoms with van der Waals surface area (Å²) in [6, 6.07) is 10.1. The van der Waals surface area contributed by atoms with E-state index >= 15 is 0 Å². The molecule has 2 aromatic rings. The van der Waals surface area contributed by atoms with E-state index in [1.807, 2.05) is 18.2 Å². The highest BCUT2D eigenvalue weighted by molar-refractivity contribution is 5.70. The van der Waals surface area contributed by atoms with Gasteiger partial charge in [0, 0.05) is 12.3 Å². The van der Waals surface area contributed by atoms with Crippen molar-refractivity contribution in [3.05, 3.63) is 64.9 Å². The number of rotatable bonds is 6. The number of ether oxygens (including phenoxy) is 2. The van der Waals surface area contributed by atoms with Gasteiger partial charge in [0.2, 0.25) is 5.88 Å². The largest absolute Gasteiger partial charge is 0.496 e. The molecule has 0 bridgehead atoms. The lowest BCUT2D eigenvalue weighted by Gasteiger charge is -2.08. The Morgan fingerprint density at radius 2 is 1.74 bits per heavy atom. The normalized spacial score (nSPS) is 10.6. The van der Waals surface area contributed by atoms with Crippen molar-refractivity contribution in [2.45, 2.75) is 20.3 Å². The van der Waals surface area contributed by atoms with Crippen LogP contribution in [0.4, 0.5) is 0 Å². The molecule has 0 amide bonds. The summed E-state index contributed by atoms with van der Waals surface area (Å²) >= 11 is 0. The van der Waals surface area contributed by atoms with E-state index in [0.717, 1.165) is 23.3 Å². The zero-order valence-corrected chi connectivity index (χ0v) is 14.2. The molecule has 0 aliphatic carbocycles. The first-order chi connectivity index (χ1) is 11.1. The highest BCUT2D eigenvalue weighted by atomic mass is 16.5. The van der Waals surface area contributed by atoms with Crippen molar-refractivity contribution in [2.75, 3.05) is 14.2 Å². The summed E-state index contributed by atoms with van der Waals surface area (Å²) in [6.45, 7) is 4.21. The first kappa shape index (κ1) is 16.8. The molecule has 0 unspecified atom stereocenters. The van der Waals surface area contributed by atoms with E-state index in [4.69, 9.17) is 9.47 Å². The number of pyridine rings is 1. The lowest BCUT2D eigenvalue weighted by Crippen LogP contribution is -1.92. The van der Waals surface area contributed by atoms with Crippen LogP contribution in [0, 0.1) is 0 Å². The minimum Gasteiger partial charge on any atom is -0.496 e. The molecule has 1 heterocycles. The molecule has 1 aromatic heterocycles. The molecule has 0 aliphatic rings. The second-order valence-corrected chi connectivity index (χ2v) is 5.52. The summed E-state index contributed by atoms with van der Waals surface area (Å²) < 4.78 is 10.6. The Kier molecular flexibility index (Phi) is 5.98. The number of benzene rings is 1. The third-order valence-electron chi connectivity index (χ3n) is 3.48. The van der Waals surface area contributed by atoms with Gasteiger partial charge in [-0.2, -0.15) is 0 Å². The summed E-state index contributed by atoms with van der Waals surface area (Å²) in [7, 11) is 3.33. The molecule has 0 atom stereocenters. The van der Waals surface area contributed by atoms with Crippen LogP contribution in [0.25, 0.3) is 12.2 Å². The predicted octanol–water partition coefficient (Wildman–Crippen LogP) is 4.78. The van der Waals surface area contributed by atoms with Gasteiger partial charge in [0.05, 0.1) is 14.2 Å². The smallest absolute Gasteiger partial charge is 0.213 e. The molecule has 0 radical (unpaired) electrons. The van der Waals surface area contributed by atoms with E-state index in [0.29, 0.717) is 5.88 Å². The molecule has 0 fully saturated rings. The maximum absolute atomic E-state index is 5.51. The van der Waals surface area contributed by atoms with Gasteiger partial charge in [-0.05, 0) is 49.1 Å². The third kappa shape index (κ3) is 4.99. The molecular weight excluding hydrogens is 286 g/mol. The zero-order valence-electron chi connectivity index (χ0n) is 14.2. The van der Waals surface area contributed by atoms with Gasteiger partial charge in [-0.3, -0.25) is 0 Å². The molecule has 0 spiro atoms. The molecule has 1 aromatic carbocycles. The Morgan fingerprint density at radius 3 is 2.39 bits per heavy atom. The van der Waals surface area contributed by atoms with Crippen molar-refractivity contribution >= 4 is 12.2 Å². The quantitative estimate of drug-likeness (QED) is 0.720. The van der Waals surface area contributed by atoms with Crippen molar-refractivity contribution in [3.8, 4) is 11.6 Å². The monoisotopic (exact) mass is 309 g/mol. The summed E-state index contributed by atoms with van der Waals surface area (Å²) in [5.74, 6) is 1.53. The number of aromatic nitrogens is 1. The fourth-order valence-electron chi connectivity index (χ4n) is 2.18. The first-order valence-corrected chi connectivity index (χ1v) is 7.61. The number of nitrogens with zero attached hydrogens (tertiary/aromatic N) is 1. The van der Waals surface area contributed by atoms with E-state index in [1.54, 1.807) is 20.4 Å². The number of hydrogen-bond donors (Lipinski definition) is 0. The highest BCUT2D eigenvalue weighted by Gasteiger charge is 2.02. The fourth-order valence-corrected chi connectivity index (χ4v) is 2.18. The lowest BCUT2D eigenvalue weighted by molar-refractivity contribution is 0.398. The standard InChI is InChI=1S/C20H23NO2/c1-15(2)5-9-18-10-8-16(13-19(18)22-3)6-7-17-11-12-21-20(14-17)23-4/h5-8,10-14H,9H2,1-4H3/b7-6+. The molecule has 0 saturated carbocycles. The van der Waals surface area contributed by atoms with Crippen LogP contribution in [0.15, 0.2) is 48.2 Å². The van der Waals surface area contributed by atoms with E-state index in [2.05, 4.69) is 49.2 Å². The van der Waals surface area contributed by atoms with Crippen LogP contribution in [-0.2, 0) is 6.42 Å². The summed E-state index contributed by atoms with van der Waals surface area (Å²) in [6.07, 6.45) is 8.92. The second kappa shape index (κ2) is 8.18. The van der Waals surface area contributed by atoms with Crippen molar-refractivity contribution in [3.63, 3.8) is 0 Å². The molecule has 0 N–H and O–H groups in total. The van der Waals surface area contributed by atoms with Crippen LogP contribution in [-0.4, -0.2) is 19.2 Å². The summed E-state index contributed by atoms with van der Waals surface area (Å²) in [5, 5.41) is 0. The Bertz CT molecular complexity index is 713. The first-order valence-electron chi connectivity index (χ1n) is 7.61. The average molecular weight is 309 g/mol. The number of methoxy groups -OCH3 is 2. The van der Waals surface area contributed by atoms with Crippen LogP contribution >= 0.6 is 0 Å². The van der Waals surface area contributed by atoms with Crippen LogP contribution < -0.4 is 9.47 Å². The van der Waals surface area contributed by atoms with Gasteiger partial charge < -0.3 is 9.47 Å². The topological polar surface area (TPSA) is 31.4 Å². The summed E-state index contributed by atoms with van der Waals surface area (Å²) in [5.41, 5.74) is 4.64. The van der Waals surface area contributed by atoms with Gasteiger partial charge in [0.25, 0.3) is 0 Å². The van der Waals surface area contributed by atoms with E-state index in [9.17, 15) is 0 Å². The van der Waals surface area contributed by atoms with Crippen LogP contribution in [0.3, 0.4) is 0 Å². The van der Waals surface area contributed by atoms with Gasteiger partial charge in [-0.25, -0.2) is 4.98 Å². The molecule has 3 nitrogen and oxygen atoms in total. The Morgan fingerprint density at radius 1 is 1.00 bits per heavy atom. The van der Waals surface area contributed by atoms with Crippen molar-refractivity contribution in [2.24, 2.45) is 0 Å². The molecular formula is C20H23NO2. The second-order valence-electron chi connectivity index (χ2n) is 5.52. The summed E-state index contributed by atoms with van der Waals surface area (Å²) in [4.78, 5) is 4.10. The maximum Gasteiger partial charge on any atom is 0.213 e. The van der Waals surface area contributed by atoms with Crippen molar-refractivity contribution < 1.29 is 9.47 Å². The highest BCUT2D eigenvalue weighted by Crippen LogP contribution is 2.23. The average Bonchev–Trinajstić information content (AvgIpc) is 2.58. The van der Waals surface area contributed by atoms with Crippen molar-refractivity contribution in [1.82, 2.24) is 4.98 Å². The predicted molar refractivity (Wildman–Crippen MR) is 95.8 cm³/mol. The third-order valence-corrected chi connectivity index (χ3v) is 3.48. The van der Waals surface area contributed by atoms with E-state index in [-0.39, 0.29) is 0 Å². The Hall–Kier alpha value is -2.55. The SMILES string of the molecule is COc1cc(/C=C/c2ccc(CC=C(C)C)c(OC)c2)ccn1. The van der Waals surface area contributed by atoms with E-state index in [1.165, 1.54) is 11.1 Å². The van der Waals surface area contributed by atoms with Gasteiger partial charge in [-0.15, -0.1) is 0 Å².